The van der Waals surface area contributed by atoms with Gasteiger partial charge in [-0.05, 0) is 38.1 Å². The Morgan fingerprint density at radius 2 is 1.89 bits per heavy atom. The minimum atomic E-state index is -0.474. The Hall–Kier alpha value is -3.14. The van der Waals surface area contributed by atoms with Crippen LogP contribution in [0.4, 0.5) is 23.0 Å². The third-order valence-electron chi connectivity index (χ3n) is 4.81. The van der Waals surface area contributed by atoms with Crippen molar-refractivity contribution in [3.8, 4) is 11.5 Å². The third-order valence-corrected chi connectivity index (χ3v) is 4.81. The summed E-state index contributed by atoms with van der Waals surface area (Å²) in [5.41, 5.74) is 0.434. The van der Waals surface area contributed by atoms with Gasteiger partial charge in [-0.15, -0.1) is 0 Å². The molecule has 0 radical (unpaired) electrons. The maximum atomic E-state index is 11.7. The van der Waals surface area contributed by atoms with Crippen LogP contribution in [0, 0.1) is 10.1 Å². The molecule has 3 heterocycles. The monoisotopic (exact) mass is 386 g/mol. The molecule has 2 aliphatic heterocycles. The molecule has 0 atom stereocenters. The van der Waals surface area contributed by atoms with E-state index in [0.717, 1.165) is 19.6 Å². The number of nitro groups is 1. The molecule has 0 saturated carbocycles. The van der Waals surface area contributed by atoms with E-state index in [2.05, 4.69) is 25.5 Å². The highest BCUT2D eigenvalue weighted by atomic mass is 16.7. The molecule has 0 spiro atoms. The fraction of sp³-hybridized carbons (Fsp3) is 0.444. The Balaban J connectivity index is 1.48. The van der Waals surface area contributed by atoms with Crippen molar-refractivity contribution in [3.05, 3.63) is 34.6 Å². The molecule has 10 heteroatoms. The average Bonchev–Trinajstić information content (AvgIpc) is 3.16. The second-order valence-electron chi connectivity index (χ2n) is 6.70. The summed E-state index contributed by atoms with van der Waals surface area (Å²) in [6, 6.07) is 5.22. The molecular weight excluding hydrogens is 364 g/mol. The first-order valence-corrected chi connectivity index (χ1v) is 9.33. The second-order valence-corrected chi connectivity index (χ2v) is 6.70. The van der Waals surface area contributed by atoms with Crippen LogP contribution >= 0.6 is 0 Å². The molecule has 2 aliphatic rings. The van der Waals surface area contributed by atoms with E-state index in [9.17, 15) is 10.1 Å². The molecule has 4 rings (SSSR count). The Morgan fingerprint density at radius 1 is 1.11 bits per heavy atom. The van der Waals surface area contributed by atoms with E-state index in [1.807, 2.05) is 0 Å². The van der Waals surface area contributed by atoms with Gasteiger partial charge in [0.1, 0.15) is 6.33 Å². The van der Waals surface area contributed by atoms with Gasteiger partial charge in [-0.25, -0.2) is 9.97 Å². The van der Waals surface area contributed by atoms with Gasteiger partial charge in [-0.2, -0.15) is 0 Å². The first-order chi connectivity index (χ1) is 13.7. The molecule has 148 valence electrons. The summed E-state index contributed by atoms with van der Waals surface area (Å²) in [5.74, 6) is 1.56. The van der Waals surface area contributed by atoms with E-state index < -0.39 is 4.92 Å². The molecule has 1 fully saturated rings. The summed E-state index contributed by atoms with van der Waals surface area (Å²) in [5, 5.41) is 17.8. The van der Waals surface area contributed by atoms with Gasteiger partial charge in [0.05, 0.1) is 4.92 Å². The number of fused-ring (bicyclic) bond motifs is 1. The van der Waals surface area contributed by atoms with Crippen LogP contribution in [0.5, 0.6) is 11.5 Å². The fourth-order valence-corrected chi connectivity index (χ4v) is 3.40. The zero-order valence-electron chi connectivity index (χ0n) is 15.4. The standard InChI is InChI=1S/C18H22N6O4/c25-24(26)16-17(19-6-9-23-7-2-1-3-8-23)20-11-21-18(16)22-13-4-5-14-15(10-13)28-12-27-14/h4-5,10-11H,1-3,6-9,12H2,(H2,19,20,21,22). The van der Waals surface area contributed by atoms with Gasteiger partial charge >= 0.3 is 5.69 Å². The van der Waals surface area contributed by atoms with Gasteiger partial charge in [0.25, 0.3) is 0 Å². The predicted molar refractivity (Wildman–Crippen MR) is 103 cm³/mol. The van der Waals surface area contributed by atoms with Crippen molar-refractivity contribution in [2.75, 3.05) is 43.6 Å². The lowest BCUT2D eigenvalue weighted by Gasteiger charge is -2.26. The molecule has 0 amide bonds. The maximum Gasteiger partial charge on any atom is 0.353 e. The van der Waals surface area contributed by atoms with Crippen molar-refractivity contribution in [2.45, 2.75) is 19.3 Å². The zero-order valence-corrected chi connectivity index (χ0v) is 15.4. The van der Waals surface area contributed by atoms with Gasteiger partial charge in [0, 0.05) is 24.8 Å². The molecule has 10 nitrogen and oxygen atoms in total. The first kappa shape index (κ1) is 18.2. The summed E-state index contributed by atoms with van der Waals surface area (Å²) in [4.78, 5) is 21.7. The van der Waals surface area contributed by atoms with Gasteiger partial charge < -0.3 is 25.0 Å². The largest absolute Gasteiger partial charge is 0.454 e. The number of nitrogens with zero attached hydrogens (tertiary/aromatic N) is 4. The van der Waals surface area contributed by atoms with Gasteiger partial charge in [0.2, 0.25) is 18.4 Å². The predicted octanol–water partition coefficient (Wildman–Crippen LogP) is 2.75. The van der Waals surface area contributed by atoms with Crippen molar-refractivity contribution in [1.82, 2.24) is 14.9 Å². The Morgan fingerprint density at radius 3 is 2.71 bits per heavy atom. The smallest absolute Gasteiger partial charge is 0.353 e. The summed E-state index contributed by atoms with van der Waals surface area (Å²) >= 11 is 0. The van der Waals surface area contributed by atoms with Crippen LogP contribution in [0.25, 0.3) is 0 Å². The first-order valence-electron chi connectivity index (χ1n) is 9.33. The van der Waals surface area contributed by atoms with E-state index in [1.54, 1.807) is 18.2 Å². The maximum absolute atomic E-state index is 11.7. The number of likely N-dealkylation sites (tertiary alicyclic amines) is 1. The number of hydrogen-bond acceptors (Lipinski definition) is 9. The molecule has 28 heavy (non-hydrogen) atoms. The third kappa shape index (κ3) is 4.06. The van der Waals surface area contributed by atoms with Gasteiger partial charge in [-0.1, -0.05) is 6.42 Å². The second kappa shape index (κ2) is 8.26. The van der Waals surface area contributed by atoms with E-state index in [0.29, 0.717) is 23.7 Å². The summed E-state index contributed by atoms with van der Waals surface area (Å²) in [6.45, 7) is 3.72. The van der Waals surface area contributed by atoms with Crippen LogP contribution in [-0.2, 0) is 0 Å². The molecule has 1 aromatic heterocycles. The number of aromatic nitrogens is 2. The van der Waals surface area contributed by atoms with E-state index >= 15 is 0 Å². The van der Waals surface area contributed by atoms with Crippen LogP contribution in [0.3, 0.4) is 0 Å². The number of hydrogen-bond donors (Lipinski definition) is 2. The van der Waals surface area contributed by atoms with E-state index in [1.165, 1.54) is 25.6 Å². The van der Waals surface area contributed by atoms with Crippen LogP contribution in [0.15, 0.2) is 24.5 Å². The Bertz CT molecular complexity index is 856. The summed E-state index contributed by atoms with van der Waals surface area (Å²) in [7, 11) is 0. The molecule has 0 aliphatic carbocycles. The lowest BCUT2D eigenvalue weighted by Crippen LogP contribution is -2.33. The molecule has 2 aromatic rings. The molecule has 1 saturated heterocycles. The van der Waals surface area contributed by atoms with Crippen molar-refractivity contribution < 1.29 is 14.4 Å². The van der Waals surface area contributed by atoms with Crippen molar-refractivity contribution >= 4 is 23.0 Å². The lowest BCUT2D eigenvalue weighted by atomic mass is 10.1. The van der Waals surface area contributed by atoms with Gasteiger partial charge in [0.15, 0.2) is 11.5 Å². The fourth-order valence-electron chi connectivity index (χ4n) is 3.40. The van der Waals surface area contributed by atoms with Crippen molar-refractivity contribution in [3.63, 3.8) is 0 Å². The highest BCUT2D eigenvalue weighted by Crippen LogP contribution is 2.37. The van der Waals surface area contributed by atoms with E-state index in [4.69, 9.17) is 9.47 Å². The topological polar surface area (TPSA) is 115 Å². The molecule has 0 bridgehead atoms. The lowest BCUT2D eigenvalue weighted by molar-refractivity contribution is -0.383. The molecule has 0 unspecified atom stereocenters. The normalized spacial score (nSPS) is 16.0. The highest BCUT2D eigenvalue weighted by Gasteiger charge is 2.24. The number of anilines is 3. The quantitative estimate of drug-likeness (QED) is 0.547. The minimum absolute atomic E-state index is 0.124. The number of rotatable bonds is 7. The number of benzene rings is 1. The number of ether oxygens (including phenoxy) is 2. The summed E-state index contributed by atoms with van der Waals surface area (Å²) in [6.07, 6.45) is 5.00. The SMILES string of the molecule is O=[N+]([O-])c1c(NCCN2CCCCC2)ncnc1Nc1ccc2c(c1)OCO2. The van der Waals surface area contributed by atoms with E-state index in [-0.39, 0.29) is 24.1 Å². The Kier molecular flexibility index (Phi) is 5.38. The average molecular weight is 386 g/mol. The molecular formula is C18H22N6O4. The van der Waals surface area contributed by atoms with Crippen LogP contribution < -0.4 is 20.1 Å². The molecule has 2 N–H and O–H groups in total. The highest BCUT2D eigenvalue weighted by molar-refractivity contribution is 5.74. The Labute approximate surface area is 162 Å². The zero-order chi connectivity index (χ0) is 19.3. The van der Waals surface area contributed by atoms with Crippen LogP contribution in [-0.4, -0.2) is 52.8 Å². The summed E-state index contributed by atoms with van der Waals surface area (Å²) < 4.78 is 10.6. The van der Waals surface area contributed by atoms with Crippen molar-refractivity contribution in [2.24, 2.45) is 0 Å². The minimum Gasteiger partial charge on any atom is -0.454 e. The number of nitrogens with one attached hydrogen (secondary N) is 2. The number of piperidine rings is 1. The van der Waals surface area contributed by atoms with Gasteiger partial charge in [-0.3, -0.25) is 10.1 Å². The van der Waals surface area contributed by atoms with Crippen LogP contribution in [0.2, 0.25) is 0 Å². The van der Waals surface area contributed by atoms with Crippen molar-refractivity contribution in [1.29, 1.82) is 0 Å². The van der Waals surface area contributed by atoms with Crippen LogP contribution in [0.1, 0.15) is 19.3 Å². The molecule has 1 aromatic carbocycles.